The third kappa shape index (κ3) is 10.4. The van der Waals surface area contributed by atoms with Crippen molar-refractivity contribution >= 4 is 11.8 Å². The summed E-state index contributed by atoms with van der Waals surface area (Å²) >= 11 is 1.86. The van der Waals surface area contributed by atoms with Crippen molar-refractivity contribution in [3.63, 3.8) is 0 Å². The average molecular weight is 218 g/mol. The Balaban J connectivity index is 3.14. The normalized spacial score (nSPS) is 13.5. The van der Waals surface area contributed by atoms with E-state index in [1.54, 1.807) is 0 Å². The lowest BCUT2D eigenvalue weighted by Gasteiger charge is -2.11. The Morgan fingerprint density at radius 3 is 2.29 bits per heavy atom. The fourth-order valence-corrected chi connectivity index (χ4v) is 2.14. The molecule has 0 rings (SSSR count). The van der Waals surface area contributed by atoms with Crippen LogP contribution in [0.3, 0.4) is 0 Å². The standard InChI is InChI=1S/C12H26OS/c1-4-5-6-7-8-9-12(13)10-14-11(2)3/h11-13H,4-10H2,1-3H3. The summed E-state index contributed by atoms with van der Waals surface area (Å²) in [5.74, 6) is 0.908. The second-order valence-corrected chi connectivity index (χ2v) is 5.85. The van der Waals surface area contributed by atoms with E-state index in [0.717, 1.165) is 12.2 Å². The quantitative estimate of drug-likeness (QED) is 0.593. The highest BCUT2D eigenvalue weighted by Gasteiger charge is 2.05. The largest absolute Gasteiger partial charge is 0.392 e. The fraction of sp³-hybridized carbons (Fsp3) is 1.00. The van der Waals surface area contributed by atoms with Gasteiger partial charge in [-0.15, -0.1) is 0 Å². The van der Waals surface area contributed by atoms with E-state index in [9.17, 15) is 5.11 Å². The van der Waals surface area contributed by atoms with Crippen molar-refractivity contribution < 1.29 is 5.11 Å². The molecule has 0 bridgehead atoms. The van der Waals surface area contributed by atoms with Gasteiger partial charge in [-0.25, -0.2) is 0 Å². The van der Waals surface area contributed by atoms with Crippen molar-refractivity contribution in [1.82, 2.24) is 0 Å². The Bertz CT molecular complexity index is 115. The van der Waals surface area contributed by atoms with Crippen LogP contribution in [0.25, 0.3) is 0 Å². The van der Waals surface area contributed by atoms with Gasteiger partial charge in [-0.2, -0.15) is 11.8 Å². The van der Waals surface area contributed by atoms with Crippen LogP contribution in [0.1, 0.15) is 59.3 Å². The van der Waals surface area contributed by atoms with Crippen LogP contribution in [0.15, 0.2) is 0 Å². The molecule has 0 spiro atoms. The van der Waals surface area contributed by atoms with E-state index in [-0.39, 0.29) is 6.10 Å². The zero-order chi connectivity index (χ0) is 10.8. The maximum Gasteiger partial charge on any atom is 0.0630 e. The lowest BCUT2D eigenvalue weighted by molar-refractivity contribution is 0.184. The van der Waals surface area contributed by atoms with Crippen molar-refractivity contribution in [2.45, 2.75) is 70.7 Å². The molecule has 1 unspecified atom stereocenters. The van der Waals surface area contributed by atoms with Gasteiger partial charge in [0.05, 0.1) is 6.10 Å². The van der Waals surface area contributed by atoms with Gasteiger partial charge in [0.1, 0.15) is 0 Å². The number of rotatable bonds is 9. The average Bonchev–Trinajstić information content (AvgIpc) is 2.14. The van der Waals surface area contributed by atoms with E-state index < -0.39 is 0 Å². The number of unbranched alkanes of at least 4 members (excludes halogenated alkanes) is 4. The third-order valence-corrected chi connectivity index (χ3v) is 3.51. The van der Waals surface area contributed by atoms with Gasteiger partial charge < -0.3 is 5.11 Å². The van der Waals surface area contributed by atoms with Gasteiger partial charge in [-0.05, 0) is 11.7 Å². The molecule has 2 heteroatoms. The summed E-state index contributed by atoms with van der Waals surface area (Å²) in [6.45, 7) is 6.59. The first-order valence-corrected chi connectivity index (χ1v) is 7.01. The van der Waals surface area contributed by atoms with Crippen LogP contribution in [0.2, 0.25) is 0 Å². The molecule has 0 radical (unpaired) electrons. The van der Waals surface area contributed by atoms with Crippen LogP contribution in [0, 0.1) is 0 Å². The minimum absolute atomic E-state index is 0.0796. The molecule has 0 fully saturated rings. The highest BCUT2D eigenvalue weighted by Crippen LogP contribution is 2.14. The molecule has 0 aromatic rings. The predicted molar refractivity (Wildman–Crippen MR) is 67.0 cm³/mol. The Hall–Kier alpha value is 0.310. The zero-order valence-corrected chi connectivity index (χ0v) is 10.8. The Morgan fingerprint density at radius 2 is 1.71 bits per heavy atom. The van der Waals surface area contributed by atoms with E-state index >= 15 is 0 Å². The SMILES string of the molecule is CCCCCCCC(O)CSC(C)C. The molecule has 0 saturated carbocycles. The van der Waals surface area contributed by atoms with Gasteiger partial charge >= 0.3 is 0 Å². The molecule has 0 saturated heterocycles. The molecule has 0 aromatic heterocycles. The van der Waals surface area contributed by atoms with Gasteiger partial charge in [0, 0.05) is 5.75 Å². The third-order valence-electron chi connectivity index (χ3n) is 2.26. The molecular formula is C12H26OS. The fourth-order valence-electron chi connectivity index (χ4n) is 1.37. The maximum atomic E-state index is 9.63. The van der Waals surface area contributed by atoms with Gasteiger partial charge in [-0.3, -0.25) is 0 Å². The smallest absolute Gasteiger partial charge is 0.0630 e. The van der Waals surface area contributed by atoms with Gasteiger partial charge in [0.2, 0.25) is 0 Å². The van der Waals surface area contributed by atoms with Gasteiger partial charge in [0.25, 0.3) is 0 Å². The molecule has 0 heterocycles. The molecular weight excluding hydrogens is 192 g/mol. The summed E-state index contributed by atoms with van der Waals surface area (Å²) in [4.78, 5) is 0. The van der Waals surface area contributed by atoms with Crippen molar-refractivity contribution in [1.29, 1.82) is 0 Å². The molecule has 0 aliphatic rings. The number of hydrogen-bond donors (Lipinski definition) is 1. The molecule has 86 valence electrons. The summed E-state index contributed by atoms with van der Waals surface area (Å²) in [6.07, 6.45) is 7.37. The van der Waals surface area contributed by atoms with E-state index in [1.165, 1.54) is 32.1 Å². The highest BCUT2D eigenvalue weighted by atomic mass is 32.2. The van der Waals surface area contributed by atoms with E-state index in [4.69, 9.17) is 0 Å². The summed E-state index contributed by atoms with van der Waals surface area (Å²) in [5.41, 5.74) is 0. The summed E-state index contributed by atoms with van der Waals surface area (Å²) in [5, 5.41) is 10.3. The summed E-state index contributed by atoms with van der Waals surface area (Å²) < 4.78 is 0. The number of thioether (sulfide) groups is 1. The van der Waals surface area contributed by atoms with Crippen molar-refractivity contribution in [2.24, 2.45) is 0 Å². The predicted octanol–water partition coefficient (Wildman–Crippen LogP) is 3.85. The van der Waals surface area contributed by atoms with Crippen LogP contribution in [0.4, 0.5) is 0 Å². The first kappa shape index (κ1) is 14.3. The first-order valence-electron chi connectivity index (χ1n) is 5.96. The molecule has 1 N–H and O–H groups in total. The number of hydrogen-bond acceptors (Lipinski definition) is 2. The van der Waals surface area contributed by atoms with Crippen LogP contribution < -0.4 is 0 Å². The van der Waals surface area contributed by atoms with E-state index in [2.05, 4.69) is 20.8 Å². The van der Waals surface area contributed by atoms with Crippen molar-refractivity contribution in [2.75, 3.05) is 5.75 Å². The monoisotopic (exact) mass is 218 g/mol. The van der Waals surface area contributed by atoms with Crippen molar-refractivity contribution in [3.05, 3.63) is 0 Å². The molecule has 14 heavy (non-hydrogen) atoms. The minimum atomic E-state index is -0.0796. The van der Waals surface area contributed by atoms with Crippen LogP contribution in [0.5, 0.6) is 0 Å². The van der Waals surface area contributed by atoms with E-state index in [1.807, 2.05) is 11.8 Å². The zero-order valence-electron chi connectivity index (χ0n) is 9.96. The lowest BCUT2D eigenvalue weighted by Crippen LogP contribution is -2.11. The van der Waals surface area contributed by atoms with Crippen LogP contribution in [-0.4, -0.2) is 22.2 Å². The van der Waals surface area contributed by atoms with Crippen molar-refractivity contribution in [3.8, 4) is 0 Å². The second kappa shape index (κ2) is 9.85. The first-order chi connectivity index (χ1) is 6.66. The topological polar surface area (TPSA) is 20.2 Å². The Labute approximate surface area is 93.7 Å². The Morgan fingerprint density at radius 1 is 1.07 bits per heavy atom. The van der Waals surface area contributed by atoms with Crippen LogP contribution >= 0.6 is 11.8 Å². The summed E-state index contributed by atoms with van der Waals surface area (Å²) in [7, 11) is 0. The summed E-state index contributed by atoms with van der Waals surface area (Å²) in [6, 6.07) is 0. The molecule has 0 amide bonds. The second-order valence-electron chi connectivity index (χ2n) is 4.24. The number of aliphatic hydroxyl groups is 1. The van der Waals surface area contributed by atoms with Gasteiger partial charge in [-0.1, -0.05) is 52.9 Å². The maximum absolute atomic E-state index is 9.63. The highest BCUT2D eigenvalue weighted by molar-refractivity contribution is 7.99. The molecule has 1 atom stereocenters. The van der Waals surface area contributed by atoms with Gasteiger partial charge in [0.15, 0.2) is 0 Å². The molecule has 0 aromatic carbocycles. The molecule has 0 aliphatic carbocycles. The lowest BCUT2D eigenvalue weighted by atomic mass is 10.1. The molecule has 1 nitrogen and oxygen atoms in total. The number of aliphatic hydroxyl groups excluding tert-OH is 1. The van der Waals surface area contributed by atoms with E-state index in [0.29, 0.717) is 5.25 Å². The van der Waals surface area contributed by atoms with Crippen LogP contribution in [-0.2, 0) is 0 Å². The molecule has 0 aliphatic heterocycles. The minimum Gasteiger partial charge on any atom is -0.392 e. The Kier molecular flexibility index (Phi) is 10.1.